The van der Waals surface area contributed by atoms with E-state index in [-0.39, 0.29) is 0 Å². The van der Waals surface area contributed by atoms with Gasteiger partial charge < -0.3 is 19.7 Å². The molecule has 0 amide bonds. The SMILES string of the molecule is OB(O)Oc1ccc(-c2ncc[nH]2)cc1. The summed E-state index contributed by atoms with van der Waals surface area (Å²) in [6, 6.07) is 6.82. The van der Waals surface area contributed by atoms with Crippen molar-refractivity contribution in [2.75, 3.05) is 0 Å². The number of hydrogen-bond acceptors (Lipinski definition) is 4. The third-order valence-corrected chi connectivity index (χ3v) is 1.87. The molecule has 76 valence electrons. The van der Waals surface area contributed by atoms with Crippen LogP contribution in [0.25, 0.3) is 11.4 Å². The highest BCUT2D eigenvalue weighted by Crippen LogP contribution is 2.18. The minimum Gasteiger partial charge on any atom is -0.512 e. The quantitative estimate of drug-likeness (QED) is 0.633. The average molecular weight is 204 g/mol. The van der Waals surface area contributed by atoms with E-state index < -0.39 is 7.32 Å². The highest BCUT2D eigenvalue weighted by Gasteiger charge is 2.10. The Morgan fingerprint density at radius 3 is 2.47 bits per heavy atom. The van der Waals surface area contributed by atoms with Crippen LogP contribution in [0.15, 0.2) is 36.7 Å². The topological polar surface area (TPSA) is 78.4 Å². The van der Waals surface area contributed by atoms with Crippen molar-refractivity contribution in [2.24, 2.45) is 0 Å². The van der Waals surface area contributed by atoms with Crippen LogP contribution in [0.3, 0.4) is 0 Å². The first-order valence-electron chi connectivity index (χ1n) is 4.38. The number of H-pyrrole nitrogens is 1. The zero-order valence-electron chi connectivity index (χ0n) is 7.79. The maximum atomic E-state index is 8.57. The molecule has 0 radical (unpaired) electrons. The van der Waals surface area contributed by atoms with Gasteiger partial charge >= 0.3 is 7.32 Å². The Morgan fingerprint density at radius 1 is 1.20 bits per heavy atom. The standard InChI is InChI=1S/C9H9BN2O3/c13-10(14)15-8-3-1-7(2-4-8)9-11-5-6-12-9/h1-6,13-14H,(H,11,12). The molecule has 0 unspecified atom stereocenters. The van der Waals surface area contributed by atoms with Crippen molar-refractivity contribution in [3.8, 4) is 17.1 Å². The van der Waals surface area contributed by atoms with E-state index in [1.165, 1.54) is 0 Å². The van der Waals surface area contributed by atoms with Gasteiger partial charge in [0.1, 0.15) is 11.6 Å². The van der Waals surface area contributed by atoms with Crippen molar-refractivity contribution in [1.82, 2.24) is 9.97 Å². The molecule has 6 heteroatoms. The Morgan fingerprint density at radius 2 is 1.93 bits per heavy atom. The third-order valence-electron chi connectivity index (χ3n) is 1.87. The van der Waals surface area contributed by atoms with Crippen LogP contribution < -0.4 is 4.65 Å². The lowest BCUT2D eigenvalue weighted by molar-refractivity contribution is 0.288. The van der Waals surface area contributed by atoms with Gasteiger partial charge in [-0.05, 0) is 24.3 Å². The predicted octanol–water partition coefficient (Wildman–Crippen LogP) is 0.425. The van der Waals surface area contributed by atoms with Crippen molar-refractivity contribution in [1.29, 1.82) is 0 Å². The van der Waals surface area contributed by atoms with E-state index in [0.29, 0.717) is 5.75 Å². The van der Waals surface area contributed by atoms with Gasteiger partial charge in [-0.2, -0.15) is 0 Å². The molecule has 0 saturated heterocycles. The minimum atomic E-state index is -1.79. The number of rotatable bonds is 3. The maximum absolute atomic E-state index is 8.57. The molecule has 3 N–H and O–H groups in total. The lowest BCUT2D eigenvalue weighted by Crippen LogP contribution is -2.20. The molecule has 1 heterocycles. The first-order chi connectivity index (χ1) is 7.25. The molecule has 0 aliphatic rings. The first-order valence-corrected chi connectivity index (χ1v) is 4.38. The van der Waals surface area contributed by atoms with Gasteiger partial charge in [0.25, 0.3) is 0 Å². The fourth-order valence-electron chi connectivity index (χ4n) is 1.24. The van der Waals surface area contributed by atoms with Crippen molar-refractivity contribution >= 4 is 7.32 Å². The molecule has 0 bridgehead atoms. The predicted molar refractivity (Wildman–Crippen MR) is 54.8 cm³/mol. The Kier molecular flexibility index (Phi) is 2.71. The molecular formula is C9H9BN2O3. The summed E-state index contributed by atoms with van der Waals surface area (Å²) in [6.07, 6.45) is 3.40. The summed E-state index contributed by atoms with van der Waals surface area (Å²) in [4.78, 5) is 7.04. The van der Waals surface area contributed by atoms with Gasteiger partial charge in [0.2, 0.25) is 0 Å². The van der Waals surface area contributed by atoms with Crippen LogP contribution in [0.4, 0.5) is 0 Å². The van der Waals surface area contributed by atoms with Gasteiger partial charge in [0.05, 0.1) is 0 Å². The Balaban J connectivity index is 2.17. The van der Waals surface area contributed by atoms with Gasteiger partial charge in [-0.1, -0.05) is 0 Å². The molecule has 5 nitrogen and oxygen atoms in total. The fourth-order valence-corrected chi connectivity index (χ4v) is 1.24. The molecular weight excluding hydrogens is 195 g/mol. The summed E-state index contributed by atoms with van der Waals surface area (Å²) >= 11 is 0. The van der Waals surface area contributed by atoms with Crippen molar-refractivity contribution in [3.05, 3.63) is 36.7 Å². The van der Waals surface area contributed by atoms with Crippen LogP contribution in [0.2, 0.25) is 0 Å². The number of benzene rings is 1. The molecule has 1 aromatic heterocycles. The normalized spacial score (nSPS) is 10.0. The van der Waals surface area contributed by atoms with E-state index in [4.69, 9.17) is 10.0 Å². The van der Waals surface area contributed by atoms with Crippen LogP contribution >= 0.6 is 0 Å². The van der Waals surface area contributed by atoms with E-state index in [1.807, 2.05) is 0 Å². The van der Waals surface area contributed by atoms with Crippen molar-refractivity contribution in [2.45, 2.75) is 0 Å². The molecule has 0 aliphatic carbocycles. The molecule has 0 aliphatic heterocycles. The number of hydrogen-bond donors (Lipinski definition) is 3. The molecule has 0 atom stereocenters. The van der Waals surface area contributed by atoms with Gasteiger partial charge in [0, 0.05) is 18.0 Å². The molecule has 2 rings (SSSR count). The van der Waals surface area contributed by atoms with E-state index >= 15 is 0 Å². The lowest BCUT2D eigenvalue weighted by atomic mass is 10.2. The molecule has 0 saturated carbocycles. The number of aromatic nitrogens is 2. The van der Waals surface area contributed by atoms with Crippen LogP contribution in [0.1, 0.15) is 0 Å². The zero-order chi connectivity index (χ0) is 10.7. The van der Waals surface area contributed by atoms with Gasteiger partial charge in [-0.15, -0.1) is 0 Å². The second-order valence-corrected chi connectivity index (χ2v) is 2.91. The van der Waals surface area contributed by atoms with Gasteiger partial charge in [-0.3, -0.25) is 0 Å². The summed E-state index contributed by atoms with van der Waals surface area (Å²) in [5.74, 6) is 1.14. The Hall–Kier alpha value is -1.79. The second-order valence-electron chi connectivity index (χ2n) is 2.91. The monoisotopic (exact) mass is 204 g/mol. The summed E-state index contributed by atoms with van der Waals surface area (Å²) < 4.78 is 4.67. The summed E-state index contributed by atoms with van der Waals surface area (Å²) in [5.41, 5.74) is 0.903. The lowest BCUT2D eigenvalue weighted by Gasteiger charge is -2.04. The highest BCUT2D eigenvalue weighted by molar-refractivity contribution is 6.33. The first kappa shape index (κ1) is 9.76. The average Bonchev–Trinajstić information content (AvgIpc) is 2.71. The number of nitrogens with zero attached hydrogens (tertiary/aromatic N) is 1. The summed E-state index contributed by atoms with van der Waals surface area (Å²) in [6.45, 7) is 0. The molecule has 0 fully saturated rings. The molecule has 0 spiro atoms. The summed E-state index contributed by atoms with van der Waals surface area (Å²) in [5, 5.41) is 17.1. The van der Waals surface area contributed by atoms with E-state index in [0.717, 1.165) is 11.4 Å². The number of aromatic amines is 1. The smallest absolute Gasteiger partial charge is 0.512 e. The van der Waals surface area contributed by atoms with Crippen molar-refractivity contribution in [3.63, 3.8) is 0 Å². The van der Waals surface area contributed by atoms with Gasteiger partial charge in [0.15, 0.2) is 0 Å². The number of imidazole rings is 1. The van der Waals surface area contributed by atoms with Gasteiger partial charge in [-0.25, -0.2) is 4.98 Å². The van der Waals surface area contributed by atoms with Crippen LogP contribution in [-0.4, -0.2) is 27.3 Å². The third kappa shape index (κ3) is 2.36. The summed E-state index contributed by atoms with van der Waals surface area (Å²) in [7, 11) is -1.79. The second kappa shape index (κ2) is 4.16. The Labute approximate surface area is 86.5 Å². The Bertz CT molecular complexity index is 413. The van der Waals surface area contributed by atoms with E-state index in [1.54, 1.807) is 36.7 Å². The van der Waals surface area contributed by atoms with Crippen LogP contribution in [0, 0.1) is 0 Å². The minimum absolute atomic E-state index is 0.389. The molecule has 15 heavy (non-hydrogen) atoms. The van der Waals surface area contributed by atoms with Crippen molar-refractivity contribution < 1.29 is 14.7 Å². The highest BCUT2D eigenvalue weighted by atomic mass is 16.6. The number of nitrogens with one attached hydrogen (secondary N) is 1. The zero-order valence-corrected chi connectivity index (χ0v) is 7.79. The van der Waals surface area contributed by atoms with E-state index in [2.05, 4.69) is 14.6 Å². The molecule has 1 aromatic carbocycles. The maximum Gasteiger partial charge on any atom is 0.707 e. The van der Waals surface area contributed by atoms with E-state index in [9.17, 15) is 0 Å². The largest absolute Gasteiger partial charge is 0.707 e. The van der Waals surface area contributed by atoms with Crippen LogP contribution in [0.5, 0.6) is 5.75 Å². The fraction of sp³-hybridized carbons (Fsp3) is 0. The van der Waals surface area contributed by atoms with Crippen LogP contribution in [-0.2, 0) is 0 Å². The molecule has 2 aromatic rings.